The highest BCUT2D eigenvalue weighted by atomic mass is 16.3. The number of benzene rings is 1. The Labute approximate surface area is 128 Å². The summed E-state index contributed by atoms with van der Waals surface area (Å²) < 4.78 is 7.51. The molecule has 1 atom stereocenters. The fraction of sp³-hybridized carbons (Fsp3) is 0.312. The predicted octanol–water partition coefficient (Wildman–Crippen LogP) is 2.67. The number of aromatic nitrogens is 3. The van der Waals surface area contributed by atoms with Gasteiger partial charge in [-0.2, -0.15) is 0 Å². The van der Waals surface area contributed by atoms with E-state index >= 15 is 0 Å². The summed E-state index contributed by atoms with van der Waals surface area (Å²) in [6.07, 6.45) is 1.60. The molecule has 6 nitrogen and oxygen atoms in total. The van der Waals surface area contributed by atoms with Gasteiger partial charge < -0.3 is 14.3 Å². The first-order chi connectivity index (χ1) is 10.5. The number of carbonyl (C=O) groups is 1. The molecule has 114 valence electrons. The molecule has 1 aromatic carbocycles. The summed E-state index contributed by atoms with van der Waals surface area (Å²) in [6, 6.07) is 5.67. The van der Waals surface area contributed by atoms with Crippen molar-refractivity contribution >= 4 is 16.9 Å². The first-order valence-electron chi connectivity index (χ1n) is 7.12. The van der Waals surface area contributed by atoms with Crippen LogP contribution in [0.15, 0.2) is 28.9 Å². The minimum Gasteiger partial charge on any atom is -0.451 e. The Morgan fingerprint density at radius 1 is 1.36 bits per heavy atom. The van der Waals surface area contributed by atoms with Crippen LogP contribution in [0.5, 0.6) is 0 Å². The number of nitrogens with zero attached hydrogens (tertiary/aromatic N) is 3. The Morgan fingerprint density at radius 2 is 2.14 bits per heavy atom. The third kappa shape index (κ3) is 2.36. The molecule has 3 aromatic rings. The number of nitrogens with one attached hydrogen (secondary N) is 1. The van der Waals surface area contributed by atoms with Gasteiger partial charge >= 0.3 is 0 Å². The van der Waals surface area contributed by atoms with E-state index in [1.54, 1.807) is 10.9 Å². The van der Waals surface area contributed by atoms with Gasteiger partial charge in [-0.3, -0.25) is 4.79 Å². The van der Waals surface area contributed by atoms with Crippen molar-refractivity contribution in [3.63, 3.8) is 0 Å². The fourth-order valence-electron chi connectivity index (χ4n) is 2.56. The zero-order valence-electron chi connectivity index (χ0n) is 13.0. The van der Waals surface area contributed by atoms with Gasteiger partial charge in [-0.25, -0.2) is 0 Å². The molecule has 0 radical (unpaired) electrons. The van der Waals surface area contributed by atoms with Gasteiger partial charge in [-0.1, -0.05) is 12.1 Å². The molecule has 3 rings (SSSR count). The molecule has 1 unspecified atom stereocenters. The van der Waals surface area contributed by atoms with Crippen LogP contribution in [0, 0.1) is 13.8 Å². The maximum atomic E-state index is 12.5. The average molecular weight is 298 g/mol. The predicted molar refractivity (Wildman–Crippen MR) is 82.6 cm³/mol. The van der Waals surface area contributed by atoms with Crippen LogP contribution in [0.1, 0.15) is 40.5 Å². The van der Waals surface area contributed by atoms with E-state index in [1.165, 1.54) is 0 Å². The minimum atomic E-state index is -0.255. The molecule has 0 aliphatic rings. The number of fused-ring (bicyclic) bond motifs is 1. The van der Waals surface area contributed by atoms with E-state index in [2.05, 4.69) is 15.5 Å². The Kier molecular flexibility index (Phi) is 3.44. The van der Waals surface area contributed by atoms with Crippen molar-refractivity contribution in [2.24, 2.45) is 7.05 Å². The number of carbonyl (C=O) groups excluding carboxylic acids is 1. The summed E-state index contributed by atoms with van der Waals surface area (Å²) in [6.45, 7) is 5.75. The highest BCUT2D eigenvalue weighted by Crippen LogP contribution is 2.26. The number of hydrogen-bond acceptors (Lipinski definition) is 4. The third-order valence-corrected chi connectivity index (χ3v) is 3.78. The van der Waals surface area contributed by atoms with Crippen LogP contribution in [0.2, 0.25) is 0 Å². The van der Waals surface area contributed by atoms with Crippen LogP contribution in [0.3, 0.4) is 0 Å². The van der Waals surface area contributed by atoms with Crippen molar-refractivity contribution in [3.05, 3.63) is 47.2 Å². The van der Waals surface area contributed by atoms with E-state index in [0.29, 0.717) is 11.6 Å². The lowest BCUT2D eigenvalue weighted by Crippen LogP contribution is -2.28. The highest BCUT2D eigenvalue weighted by molar-refractivity contribution is 5.99. The van der Waals surface area contributed by atoms with Gasteiger partial charge in [0.2, 0.25) is 0 Å². The smallest absolute Gasteiger partial charge is 0.287 e. The van der Waals surface area contributed by atoms with E-state index < -0.39 is 0 Å². The van der Waals surface area contributed by atoms with E-state index in [4.69, 9.17) is 4.42 Å². The molecule has 0 aliphatic carbocycles. The lowest BCUT2D eigenvalue weighted by molar-refractivity contribution is 0.0911. The third-order valence-electron chi connectivity index (χ3n) is 3.78. The summed E-state index contributed by atoms with van der Waals surface area (Å²) >= 11 is 0. The SMILES string of the molecule is Cc1ccc2c(C)c(C(=O)NC(C)c3nncn3C)oc2c1. The topological polar surface area (TPSA) is 73.0 Å². The van der Waals surface area contributed by atoms with Gasteiger partial charge in [0, 0.05) is 18.0 Å². The zero-order chi connectivity index (χ0) is 15.9. The minimum absolute atomic E-state index is 0.248. The van der Waals surface area contributed by atoms with Crippen LogP contribution in [-0.2, 0) is 7.05 Å². The van der Waals surface area contributed by atoms with Crippen LogP contribution in [-0.4, -0.2) is 20.7 Å². The first kappa shape index (κ1) is 14.3. The van der Waals surface area contributed by atoms with E-state index in [9.17, 15) is 4.79 Å². The van der Waals surface area contributed by atoms with Gasteiger partial charge in [0.1, 0.15) is 11.9 Å². The molecule has 2 aromatic heterocycles. The van der Waals surface area contributed by atoms with Crippen molar-refractivity contribution in [3.8, 4) is 0 Å². The standard InChI is InChI=1S/C16H18N4O2/c1-9-5-6-12-10(2)14(22-13(12)7-9)16(21)18-11(3)15-19-17-8-20(15)4/h5-8,11H,1-4H3,(H,18,21). The van der Waals surface area contributed by atoms with E-state index in [1.807, 2.05) is 46.0 Å². The summed E-state index contributed by atoms with van der Waals surface area (Å²) in [7, 11) is 1.84. The van der Waals surface area contributed by atoms with Crippen molar-refractivity contribution < 1.29 is 9.21 Å². The normalized spacial score (nSPS) is 12.5. The summed E-state index contributed by atoms with van der Waals surface area (Å²) in [5, 5.41) is 11.7. The molecule has 0 aliphatic heterocycles. The van der Waals surface area contributed by atoms with Gasteiger partial charge in [-0.15, -0.1) is 10.2 Å². The van der Waals surface area contributed by atoms with Crippen molar-refractivity contribution in [1.82, 2.24) is 20.1 Å². The Bertz CT molecular complexity index is 847. The van der Waals surface area contributed by atoms with E-state index in [-0.39, 0.29) is 11.9 Å². The molecular formula is C16H18N4O2. The maximum Gasteiger partial charge on any atom is 0.287 e. The van der Waals surface area contributed by atoms with Crippen LogP contribution < -0.4 is 5.32 Å². The van der Waals surface area contributed by atoms with Gasteiger partial charge in [0.15, 0.2) is 11.6 Å². The molecule has 1 amide bonds. The Balaban J connectivity index is 1.89. The molecule has 0 spiro atoms. The lowest BCUT2D eigenvalue weighted by Gasteiger charge is -2.12. The second-order valence-corrected chi connectivity index (χ2v) is 5.55. The quantitative estimate of drug-likeness (QED) is 0.807. The second kappa shape index (κ2) is 5.29. The molecule has 0 saturated heterocycles. The summed E-state index contributed by atoms with van der Waals surface area (Å²) in [5.74, 6) is 0.787. The first-order valence-corrected chi connectivity index (χ1v) is 7.12. The largest absolute Gasteiger partial charge is 0.451 e. The Morgan fingerprint density at radius 3 is 2.82 bits per heavy atom. The van der Waals surface area contributed by atoms with Crippen LogP contribution in [0.25, 0.3) is 11.0 Å². The lowest BCUT2D eigenvalue weighted by atomic mass is 10.1. The molecule has 6 heteroatoms. The van der Waals surface area contributed by atoms with Crippen molar-refractivity contribution in [2.45, 2.75) is 26.8 Å². The van der Waals surface area contributed by atoms with Crippen molar-refractivity contribution in [1.29, 1.82) is 0 Å². The van der Waals surface area contributed by atoms with Crippen LogP contribution in [0.4, 0.5) is 0 Å². The number of amides is 1. The monoisotopic (exact) mass is 298 g/mol. The number of furan rings is 1. The fourth-order valence-corrected chi connectivity index (χ4v) is 2.56. The number of aryl methyl sites for hydroxylation is 3. The molecule has 2 heterocycles. The highest BCUT2D eigenvalue weighted by Gasteiger charge is 2.21. The molecule has 0 fully saturated rings. The molecule has 0 saturated carbocycles. The number of rotatable bonds is 3. The van der Waals surface area contributed by atoms with Crippen LogP contribution >= 0.6 is 0 Å². The molecule has 0 bridgehead atoms. The maximum absolute atomic E-state index is 12.5. The second-order valence-electron chi connectivity index (χ2n) is 5.55. The zero-order valence-corrected chi connectivity index (χ0v) is 13.0. The molecule has 22 heavy (non-hydrogen) atoms. The Hall–Kier alpha value is -2.63. The average Bonchev–Trinajstić information content (AvgIpc) is 3.02. The van der Waals surface area contributed by atoms with Gasteiger partial charge in [-0.05, 0) is 32.4 Å². The summed E-state index contributed by atoms with van der Waals surface area (Å²) in [5.41, 5.74) is 2.67. The van der Waals surface area contributed by atoms with Crippen molar-refractivity contribution in [2.75, 3.05) is 0 Å². The summed E-state index contributed by atoms with van der Waals surface area (Å²) in [4.78, 5) is 12.5. The van der Waals surface area contributed by atoms with Gasteiger partial charge in [0.05, 0.1) is 6.04 Å². The molecule has 1 N–H and O–H groups in total. The van der Waals surface area contributed by atoms with E-state index in [0.717, 1.165) is 22.1 Å². The number of hydrogen-bond donors (Lipinski definition) is 1. The van der Waals surface area contributed by atoms with Gasteiger partial charge in [0.25, 0.3) is 5.91 Å². The molecular weight excluding hydrogens is 280 g/mol.